The summed E-state index contributed by atoms with van der Waals surface area (Å²) >= 11 is 7.67. The number of hydrogen-bond donors (Lipinski definition) is 2. The van der Waals surface area contributed by atoms with Crippen LogP contribution in [-0.2, 0) is 18.7 Å². The molecule has 1 heterocycles. The van der Waals surface area contributed by atoms with Crippen LogP contribution in [0.25, 0.3) is 11.4 Å². The highest BCUT2D eigenvalue weighted by molar-refractivity contribution is 14.0. The highest BCUT2D eigenvalue weighted by Crippen LogP contribution is 2.20. The van der Waals surface area contributed by atoms with Gasteiger partial charge in [-0.2, -0.15) is 16.7 Å². The Morgan fingerprint density at radius 1 is 1.19 bits per heavy atom. The number of thioether (sulfide) groups is 1. The Hall–Kier alpha value is -1.85. The molecule has 0 bridgehead atoms. The quantitative estimate of drug-likeness (QED) is 0.226. The summed E-state index contributed by atoms with van der Waals surface area (Å²) in [5, 5.41) is 11.1. The summed E-state index contributed by atoms with van der Waals surface area (Å²) in [6.07, 6.45) is 2.54. The fraction of sp³-hybridized carbons (Fsp3) is 0.286. The zero-order chi connectivity index (χ0) is 21.3. The van der Waals surface area contributed by atoms with E-state index in [1.165, 1.54) is 6.07 Å². The molecule has 0 aliphatic heterocycles. The van der Waals surface area contributed by atoms with Gasteiger partial charge in [0.25, 0.3) is 0 Å². The minimum absolute atomic E-state index is 0. The summed E-state index contributed by atoms with van der Waals surface area (Å²) in [5.41, 5.74) is 2.82. The van der Waals surface area contributed by atoms with Gasteiger partial charge in [-0.25, -0.2) is 4.39 Å². The van der Waals surface area contributed by atoms with Crippen LogP contribution in [0.4, 0.5) is 4.39 Å². The molecule has 0 spiro atoms. The molecule has 0 saturated heterocycles. The molecule has 6 nitrogen and oxygen atoms in total. The van der Waals surface area contributed by atoms with Gasteiger partial charge in [-0.15, -0.1) is 24.0 Å². The van der Waals surface area contributed by atoms with Crippen LogP contribution in [0, 0.1) is 5.82 Å². The predicted octanol–water partition coefficient (Wildman–Crippen LogP) is 4.92. The third-order valence-corrected chi connectivity index (χ3v) is 5.16. The van der Waals surface area contributed by atoms with Crippen molar-refractivity contribution in [3.05, 3.63) is 70.3 Å². The minimum atomic E-state index is -0.220. The molecule has 0 aliphatic rings. The third kappa shape index (κ3) is 7.65. The van der Waals surface area contributed by atoms with Gasteiger partial charge in [0.05, 0.1) is 0 Å². The number of benzene rings is 2. The van der Waals surface area contributed by atoms with E-state index in [1.54, 1.807) is 43.1 Å². The lowest BCUT2D eigenvalue weighted by Crippen LogP contribution is -2.38. The Labute approximate surface area is 207 Å². The molecule has 2 aromatic carbocycles. The molecule has 0 atom stereocenters. The molecule has 0 unspecified atom stereocenters. The van der Waals surface area contributed by atoms with Crippen molar-refractivity contribution in [3.8, 4) is 11.4 Å². The van der Waals surface area contributed by atoms with Crippen LogP contribution in [0.15, 0.2) is 52.0 Å². The minimum Gasteiger partial charge on any atom is -0.356 e. The average Bonchev–Trinajstić information content (AvgIpc) is 3.21. The second-order valence-corrected chi connectivity index (χ2v) is 7.77. The van der Waals surface area contributed by atoms with Gasteiger partial charge >= 0.3 is 0 Å². The number of aromatic nitrogens is 2. The number of halogens is 3. The van der Waals surface area contributed by atoms with Crippen molar-refractivity contribution in [2.75, 3.05) is 19.8 Å². The highest BCUT2D eigenvalue weighted by Gasteiger charge is 2.10. The van der Waals surface area contributed by atoms with Crippen LogP contribution < -0.4 is 10.6 Å². The number of nitrogens with one attached hydrogen (secondary N) is 2. The summed E-state index contributed by atoms with van der Waals surface area (Å²) in [7, 11) is 1.70. The first-order chi connectivity index (χ1) is 14.6. The lowest BCUT2D eigenvalue weighted by atomic mass is 10.1. The Morgan fingerprint density at radius 2 is 2.03 bits per heavy atom. The first kappa shape index (κ1) is 25.4. The van der Waals surface area contributed by atoms with Gasteiger partial charge in [0.2, 0.25) is 11.7 Å². The second kappa shape index (κ2) is 12.9. The molecule has 3 aromatic rings. The molecule has 0 aliphatic carbocycles. The molecule has 31 heavy (non-hydrogen) atoms. The van der Waals surface area contributed by atoms with Gasteiger partial charge in [0, 0.05) is 42.9 Å². The number of aliphatic imine (C=N–C) groups is 1. The van der Waals surface area contributed by atoms with E-state index in [1.807, 2.05) is 18.4 Å². The van der Waals surface area contributed by atoms with E-state index in [9.17, 15) is 4.39 Å². The van der Waals surface area contributed by atoms with E-state index in [0.29, 0.717) is 42.2 Å². The Morgan fingerprint density at radius 3 is 2.77 bits per heavy atom. The Kier molecular flexibility index (Phi) is 10.6. The van der Waals surface area contributed by atoms with E-state index in [0.717, 1.165) is 22.4 Å². The molecule has 0 saturated carbocycles. The van der Waals surface area contributed by atoms with Crippen LogP contribution in [0.5, 0.6) is 0 Å². The molecule has 2 N–H and O–H groups in total. The Balaban J connectivity index is 0.00000341. The number of hydrogen-bond acceptors (Lipinski definition) is 5. The number of rotatable bonds is 8. The monoisotopic (exact) mass is 575 g/mol. The maximum absolute atomic E-state index is 13.5. The van der Waals surface area contributed by atoms with E-state index in [-0.39, 0.29) is 29.8 Å². The van der Waals surface area contributed by atoms with E-state index < -0.39 is 0 Å². The summed E-state index contributed by atoms with van der Waals surface area (Å²) in [6, 6.07) is 12.2. The SMILES string of the molecule is CN=C(NCCc1nc(-c2cccc(Cl)c2)no1)NCc1ccc(F)cc1CSC.I. The molecule has 0 fully saturated rings. The van der Waals surface area contributed by atoms with Crippen LogP contribution >= 0.6 is 47.3 Å². The maximum Gasteiger partial charge on any atom is 0.228 e. The number of guanidine groups is 1. The fourth-order valence-corrected chi connectivity index (χ4v) is 3.62. The van der Waals surface area contributed by atoms with Crippen molar-refractivity contribution in [2.24, 2.45) is 4.99 Å². The predicted molar refractivity (Wildman–Crippen MR) is 136 cm³/mol. The smallest absolute Gasteiger partial charge is 0.228 e. The third-order valence-electron chi connectivity index (χ3n) is 4.32. The molecule has 3 rings (SSSR count). The topological polar surface area (TPSA) is 75.3 Å². The largest absolute Gasteiger partial charge is 0.356 e. The van der Waals surface area contributed by atoms with Crippen molar-refractivity contribution in [2.45, 2.75) is 18.7 Å². The number of nitrogens with zero attached hydrogens (tertiary/aromatic N) is 3. The van der Waals surface area contributed by atoms with Crippen LogP contribution in [0.1, 0.15) is 17.0 Å². The van der Waals surface area contributed by atoms with Gasteiger partial charge < -0.3 is 15.2 Å². The van der Waals surface area contributed by atoms with Gasteiger partial charge in [-0.1, -0.05) is 35.0 Å². The summed E-state index contributed by atoms with van der Waals surface area (Å²) in [4.78, 5) is 8.63. The van der Waals surface area contributed by atoms with Gasteiger partial charge in [-0.3, -0.25) is 4.99 Å². The first-order valence-corrected chi connectivity index (χ1v) is 11.2. The molecule has 0 amide bonds. The van der Waals surface area contributed by atoms with Crippen molar-refractivity contribution in [1.29, 1.82) is 0 Å². The standard InChI is InChI=1S/C21H23ClFN5OS.HI/c1-24-21(26-12-15-6-7-18(23)11-16(15)13-30-2)25-9-8-19-27-20(28-29-19)14-4-3-5-17(22)10-14;/h3-7,10-11H,8-9,12-13H2,1-2H3,(H2,24,25,26);1H. The van der Waals surface area contributed by atoms with Gasteiger partial charge in [-0.05, 0) is 41.6 Å². The average molecular weight is 576 g/mol. The van der Waals surface area contributed by atoms with Crippen LogP contribution in [0.3, 0.4) is 0 Å². The van der Waals surface area contributed by atoms with Crippen LogP contribution in [0.2, 0.25) is 5.02 Å². The zero-order valence-corrected chi connectivity index (χ0v) is 21.1. The first-order valence-electron chi connectivity index (χ1n) is 9.38. The summed E-state index contributed by atoms with van der Waals surface area (Å²) in [6.45, 7) is 1.12. The zero-order valence-electron chi connectivity index (χ0n) is 17.2. The van der Waals surface area contributed by atoms with Crippen molar-refractivity contribution in [3.63, 3.8) is 0 Å². The van der Waals surface area contributed by atoms with E-state index in [4.69, 9.17) is 16.1 Å². The molecule has 166 valence electrons. The fourth-order valence-electron chi connectivity index (χ4n) is 2.85. The normalized spacial score (nSPS) is 11.2. The molecular weight excluding hydrogens is 552 g/mol. The lowest BCUT2D eigenvalue weighted by Gasteiger charge is -2.13. The maximum atomic E-state index is 13.5. The van der Waals surface area contributed by atoms with E-state index in [2.05, 4.69) is 25.8 Å². The second-order valence-electron chi connectivity index (χ2n) is 6.47. The van der Waals surface area contributed by atoms with E-state index >= 15 is 0 Å². The van der Waals surface area contributed by atoms with Crippen LogP contribution in [-0.4, -0.2) is 35.9 Å². The van der Waals surface area contributed by atoms with Gasteiger partial charge in [0.15, 0.2) is 5.96 Å². The molecule has 1 aromatic heterocycles. The lowest BCUT2D eigenvalue weighted by molar-refractivity contribution is 0.378. The van der Waals surface area contributed by atoms with Crippen molar-refractivity contribution >= 4 is 53.3 Å². The summed E-state index contributed by atoms with van der Waals surface area (Å²) < 4.78 is 18.8. The van der Waals surface area contributed by atoms with Crippen molar-refractivity contribution < 1.29 is 8.91 Å². The molecule has 0 radical (unpaired) electrons. The summed E-state index contributed by atoms with van der Waals surface area (Å²) in [5.74, 6) is 2.21. The highest BCUT2D eigenvalue weighted by atomic mass is 127. The van der Waals surface area contributed by atoms with Crippen molar-refractivity contribution in [1.82, 2.24) is 20.8 Å². The Bertz CT molecular complexity index is 1020. The molecular formula is C21H24ClFIN5OS. The van der Waals surface area contributed by atoms with Gasteiger partial charge in [0.1, 0.15) is 5.82 Å². The molecule has 10 heteroatoms.